The quantitative estimate of drug-likeness (QED) is 0.153. The highest BCUT2D eigenvalue weighted by Crippen LogP contribution is 2.38. The Bertz CT molecular complexity index is 2250. The van der Waals surface area contributed by atoms with Crippen molar-refractivity contribution in [2.45, 2.75) is 236 Å². The zero-order valence-electron chi connectivity index (χ0n) is 45.5. The van der Waals surface area contributed by atoms with E-state index in [2.05, 4.69) is 261 Å². The van der Waals surface area contributed by atoms with Crippen molar-refractivity contribution in [2.24, 2.45) is 0 Å². The second-order valence-electron chi connectivity index (χ2n) is 27.7. The van der Waals surface area contributed by atoms with Gasteiger partial charge >= 0.3 is 0 Å². The average Bonchev–Trinajstić information content (AvgIpc) is 3.78. The molecule has 0 bridgehead atoms. The Kier molecular flexibility index (Phi) is 13.6. The number of hydrogen-bond acceptors (Lipinski definition) is 2. The van der Waals surface area contributed by atoms with E-state index in [1.807, 2.05) is 0 Å². The highest BCUT2D eigenvalue weighted by molar-refractivity contribution is 5.83. The van der Waals surface area contributed by atoms with Gasteiger partial charge in [0, 0.05) is 55.5 Å². The molecule has 5 nitrogen and oxygen atoms in total. The molecule has 0 radical (unpaired) electrons. The molecule has 0 N–H and O–H groups in total. The third-order valence-corrected chi connectivity index (χ3v) is 11.9. The molecule has 0 unspecified atom stereocenters. The van der Waals surface area contributed by atoms with E-state index in [-0.39, 0.29) is 49.0 Å². The fourth-order valence-corrected chi connectivity index (χ4v) is 8.44. The van der Waals surface area contributed by atoms with Gasteiger partial charge in [-0.25, -0.2) is 9.97 Å². The van der Waals surface area contributed by atoms with E-state index in [4.69, 9.17) is 9.97 Å². The molecule has 63 heavy (non-hydrogen) atoms. The zero-order chi connectivity index (χ0) is 48.6. The van der Waals surface area contributed by atoms with Crippen LogP contribution in [0.4, 0.5) is 0 Å². The molecule has 348 valence electrons. The monoisotopic (exact) mass is 858 g/mol. The largest absolute Gasteiger partial charge is 0.339 e. The summed E-state index contributed by atoms with van der Waals surface area (Å²) in [6, 6.07) is 20.6. The van der Waals surface area contributed by atoms with Crippen molar-refractivity contribution in [3.63, 3.8) is 0 Å². The molecule has 4 aromatic heterocycles. The van der Waals surface area contributed by atoms with E-state index in [0.717, 1.165) is 17.0 Å². The number of fused-ring (bicyclic) bond motifs is 3. The van der Waals surface area contributed by atoms with Gasteiger partial charge in [-0.3, -0.25) is 0 Å². The van der Waals surface area contributed by atoms with Gasteiger partial charge in [0.05, 0.1) is 22.4 Å². The van der Waals surface area contributed by atoms with Gasteiger partial charge in [0.25, 0.3) is 0 Å². The van der Waals surface area contributed by atoms with Crippen LogP contribution in [-0.2, 0) is 49.0 Å². The summed E-state index contributed by atoms with van der Waals surface area (Å²) >= 11 is 0. The minimum absolute atomic E-state index is 0.0284. The Morgan fingerprint density at radius 2 is 0.841 bits per heavy atom. The van der Waals surface area contributed by atoms with Gasteiger partial charge in [0.2, 0.25) is 0 Å². The Morgan fingerprint density at radius 3 is 1.25 bits per heavy atom. The zero-order valence-corrected chi connectivity index (χ0v) is 45.5. The van der Waals surface area contributed by atoms with E-state index in [0.29, 0.717) is 0 Å². The third kappa shape index (κ3) is 11.7. The van der Waals surface area contributed by atoms with Gasteiger partial charge in [0.1, 0.15) is 11.5 Å². The summed E-state index contributed by atoms with van der Waals surface area (Å²) < 4.78 is 7.18. The summed E-state index contributed by atoms with van der Waals surface area (Å²) in [6.07, 6.45) is 2.19. The van der Waals surface area contributed by atoms with Gasteiger partial charge in [-0.15, -0.1) is 0 Å². The van der Waals surface area contributed by atoms with Crippen molar-refractivity contribution in [1.29, 1.82) is 0 Å². The molecule has 0 atom stereocenters. The van der Waals surface area contributed by atoms with Crippen molar-refractivity contribution in [3.8, 4) is 0 Å². The highest BCUT2D eigenvalue weighted by Gasteiger charge is 2.32. The summed E-state index contributed by atoms with van der Waals surface area (Å²) in [5.41, 5.74) is 13.7. The Balaban J connectivity index is 0.000000207. The first kappa shape index (κ1) is 51.8. The molecule has 0 aliphatic heterocycles. The predicted octanol–water partition coefficient (Wildman–Crippen LogP) is 16.6. The fourth-order valence-electron chi connectivity index (χ4n) is 8.44. The van der Waals surface area contributed by atoms with Crippen molar-refractivity contribution < 1.29 is 0 Å². The predicted molar refractivity (Wildman–Crippen MR) is 278 cm³/mol. The van der Waals surface area contributed by atoms with E-state index in [9.17, 15) is 0 Å². The molecule has 0 aliphatic rings. The van der Waals surface area contributed by atoms with Crippen LogP contribution in [0.2, 0.25) is 0 Å². The van der Waals surface area contributed by atoms with Gasteiger partial charge in [-0.05, 0) is 117 Å². The normalized spacial score (nSPS) is 14.0. The number of aromatic nitrogens is 5. The molecule has 2 aromatic carbocycles. The number of nitrogens with zero attached hydrogens (tertiary/aromatic N) is 5. The first-order valence-electron chi connectivity index (χ1n) is 23.7. The maximum absolute atomic E-state index is 4.99. The third-order valence-electron chi connectivity index (χ3n) is 11.9. The van der Waals surface area contributed by atoms with Crippen molar-refractivity contribution in [2.75, 3.05) is 0 Å². The summed E-state index contributed by atoms with van der Waals surface area (Å²) in [5.74, 6) is 1.16. The standard InChI is InChI=1S/C20H31N.2C19H30N2/c1-18(2,3)15-10-11-16-14(12-15)13-17(19(4,5)6)21(16)20(7,8)9;1-17(2,3)13-10-11-21-14(12-13)20-15(18(4,5)6)16(21)19(7,8)9;1-17(2,3)13-10-11-15-14(12-13)20-16(18(4,5)6)21(15)19(7,8)9/h10-13H,1-9H3;2*10-12H,1-9H3. The molecule has 6 rings (SSSR count). The molecular weight excluding hydrogens is 767 g/mol. The number of pyridine rings is 1. The Labute approximate surface area is 385 Å². The summed E-state index contributed by atoms with van der Waals surface area (Å²) in [7, 11) is 0. The van der Waals surface area contributed by atoms with Crippen LogP contribution in [0.1, 0.15) is 227 Å². The van der Waals surface area contributed by atoms with Crippen molar-refractivity contribution in [3.05, 3.63) is 100 Å². The summed E-state index contributed by atoms with van der Waals surface area (Å²) in [6.45, 7) is 61.1. The smallest absolute Gasteiger partial charge is 0.137 e. The van der Waals surface area contributed by atoms with Crippen molar-refractivity contribution >= 4 is 27.6 Å². The highest BCUT2D eigenvalue weighted by atomic mass is 15.1. The summed E-state index contributed by atoms with van der Waals surface area (Å²) in [4.78, 5) is 9.98. The van der Waals surface area contributed by atoms with E-state index < -0.39 is 0 Å². The molecule has 6 aromatic rings. The van der Waals surface area contributed by atoms with Gasteiger partial charge in [-0.1, -0.05) is 158 Å². The molecule has 0 saturated heterocycles. The minimum atomic E-state index is 0.0284. The Morgan fingerprint density at radius 1 is 0.381 bits per heavy atom. The van der Waals surface area contributed by atoms with Crippen LogP contribution in [0.25, 0.3) is 27.6 Å². The minimum Gasteiger partial charge on any atom is -0.339 e. The number of rotatable bonds is 0. The average molecular weight is 858 g/mol. The first-order chi connectivity index (χ1) is 27.9. The van der Waals surface area contributed by atoms with Crippen LogP contribution in [0.3, 0.4) is 0 Å². The van der Waals surface area contributed by atoms with Crippen LogP contribution < -0.4 is 0 Å². The topological polar surface area (TPSA) is 40.0 Å². The second kappa shape index (κ2) is 16.5. The van der Waals surface area contributed by atoms with E-state index in [1.54, 1.807) is 0 Å². The van der Waals surface area contributed by atoms with Crippen LogP contribution in [-0.4, -0.2) is 23.5 Å². The number of imidazole rings is 2. The lowest BCUT2D eigenvalue weighted by Gasteiger charge is -2.31. The van der Waals surface area contributed by atoms with Gasteiger partial charge in [-0.2, -0.15) is 0 Å². The SMILES string of the molecule is CC(C)(C)c1ccc2c(c1)cc(C(C)(C)C)n2C(C)(C)C.CC(C)(C)c1ccc2c(c1)nc(C(C)(C)C)n2C(C)(C)C.CC(C)(C)c1ccn2c(C(C)(C)C)c(C(C)(C)C)nc2c1. The van der Waals surface area contributed by atoms with Gasteiger partial charge in [0.15, 0.2) is 0 Å². The van der Waals surface area contributed by atoms with Crippen LogP contribution in [0, 0.1) is 0 Å². The van der Waals surface area contributed by atoms with Crippen LogP contribution >= 0.6 is 0 Å². The molecule has 0 fully saturated rings. The maximum atomic E-state index is 4.99. The molecule has 0 saturated carbocycles. The lowest BCUT2D eigenvalue weighted by atomic mass is 9.82. The van der Waals surface area contributed by atoms with Crippen LogP contribution in [0.15, 0.2) is 60.8 Å². The van der Waals surface area contributed by atoms with Crippen molar-refractivity contribution in [1.82, 2.24) is 23.5 Å². The van der Waals surface area contributed by atoms with E-state index >= 15 is 0 Å². The molecule has 0 spiro atoms. The van der Waals surface area contributed by atoms with E-state index in [1.165, 1.54) is 50.2 Å². The molecule has 5 heteroatoms. The first-order valence-corrected chi connectivity index (χ1v) is 23.7. The lowest BCUT2D eigenvalue weighted by molar-refractivity contribution is 0.364. The molecule has 4 heterocycles. The summed E-state index contributed by atoms with van der Waals surface area (Å²) in [5, 5.41) is 1.36. The molecule has 0 amide bonds. The lowest BCUT2D eigenvalue weighted by Crippen LogP contribution is -2.29. The maximum Gasteiger partial charge on any atom is 0.137 e. The second-order valence-corrected chi connectivity index (χ2v) is 27.7. The molecule has 0 aliphatic carbocycles. The number of benzene rings is 2. The number of hydrogen-bond donors (Lipinski definition) is 0. The van der Waals surface area contributed by atoms with Gasteiger partial charge < -0.3 is 13.5 Å². The van der Waals surface area contributed by atoms with Crippen LogP contribution in [0.5, 0.6) is 0 Å². The Hall–Kier alpha value is -3.86. The fraction of sp³-hybridized carbons (Fsp3) is 0.621. The molecular formula is C58H91N5.